The lowest BCUT2D eigenvalue weighted by Crippen LogP contribution is -2.53. The van der Waals surface area contributed by atoms with Gasteiger partial charge in [-0.3, -0.25) is 9.80 Å². The molecule has 0 bridgehead atoms. The summed E-state index contributed by atoms with van der Waals surface area (Å²) in [5, 5.41) is 6.88. The third-order valence-corrected chi connectivity index (χ3v) is 13.0. The Bertz CT molecular complexity index is 1860. The molecule has 2 N–H and O–H groups in total. The highest BCUT2D eigenvalue weighted by atomic mass is 79.9. The molecule has 2 aromatic carbocycles. The summed E-state index contributed by atoms with van der Waals surface area (Å²) in [6, 6.07) is 6.12. The highest BCUT2D eigenvalue weighted by Gasteiger charge is 2.29. The molecule has 0 unspecified atom stereocenters. The first-order valence-electron chi connectivity index (χ1n) is 17.1. The van der Waals surface area contributed by atoms with E-state index in [-0.39, 0.29) is 11.4 Å². The number of nitrogens with zero attached hydrogens (tertiary/aromatic N) is 5. The highest BCUT2D eigenvalue weighted by Crippen LogP contribution is 2.42. The van der Waals surface area contributed by atoms with Crippen LogP contribution in [0.5, 0.6) is 5.75 Å². The van der Waals surface area contributed by atoms with Crippen molar-refractivity contribution < 1.29 is 22.1 Å². The van der Waals surface area contributed by atoms with Crippen molar-refractivity contribution in [1.29, 1.82) is 0 Å². The number of piperazine rings is 1. The number of methoxy groups -OCH3 is 1. The predicted octanol–water partition coefficient (Wildman–Crippen LogP) is 5.93. The summed E-state index contributed by atoms with van der Waals surface area (Å²) in [5.41, 5.74) is 4.71. The quantitative estimate of drug-likeness (QED) is 0.213. The zero-order valence-corrected chi connectivity index (χ0v) is 33.4. The average molecular weight is 795 g/mol. The number of benzene rings is 2. The summed E-state index contributed by atoms with van der Waals surface area (Å²) in [7, 11) is -4.14. The number of ether oxygens (including phenoxy) is 1. The molecular formula is C35H50BrFN7O4PS. The number of nitrogens with one attached hydrogen (secondary N) is 2. The van der Waals surface area contributed by atoms with Crippen LogP contribution in [0.3, 0.4) is 0 Å². The second kappa shape index (κ2) is 15.9. The molecule has 0 amide bonds. The van der Waals surface area contributed by atoms with E-state index in [2.05, 4.69) is 70.3 Å². The number of hydrogen-bond donors (Lipinski definition) is 2. The summed E-state index contributed by atoms with van der Waals surface area (Å²) in [6.45, 7) is 15.3. The number of hydrogen-bond acceptors (Lipinski definition) is 11. The number of halogens is 2. The highest BCUT2D eigenvalue weighted by molar-refractivity contribution is 9.10. The summed E-state index contributed by atoms with van der Waals surface area (Å²) in [5.74, 6) is 1.01. The molecular weight excluding hydrogens is 744 g/mol. The fraction of sp³-hybridized carbons (Fsp3) is 0.543. The van der Waals surface area contributed by atoms with Gasteiger partial charge in [-0.1, -0.05) is 6.92 Å². The molecule has 0 spiro atoms. The van der Waals surface area contributed by atoms with E-state index in [1.807, 2.05) is 13.8 Å². The van der Waals surface area contributed by atoms with E-state index in [1.165, 1.54) is 17.9 Å². The van der Waals surface area contributed by atoms with Gasteiger partial charge in [-0.15, -0.1) is 0 Å². The molecule has 2 aliphatic rings. The normalized spacial score (nSPS) is 16.9. The first kappa shape index (κ1) is 38.5. The van der Waals surface area contributed by atoms with Crippen LogP contribution in [-0.4, -0.2) is 112 Å². The molecule has 15 heteroatoms. The third kappa shape index (κ3) is 9.17. The molecule has 5 rings (SSSR count). The predicted molar refractivity (Wildman–Crippen MR) is 207 cm³/mol. The van der Waals surface area contributed by atoms with Gasteiger partial charge in [0, 0.05) is 81.4 Å². The lowest BCUT2D eigenvalue weighted by Gasteiger charge is -2.43. The van der Waals surface area contributed by atoms with Crippen molar-refractivity contribution in [2.45, 2.75) is 46.1 Å². The Labute approximate surface area is 304 Å². The van der Waals surface area contributed by atoms with E-state index in [4.69, 9.17) is 4.74 Å². The monoisotopic (exact) mass is 793 g/mol. The first-order chi connectivity index (χ1) is 23.6. The van der Waals surface area contributed by atoms with Crippen LogP contribution in [0.1, 0.15) is 36.5 Å². The van der Waals surface area contributed by atoms with Gasteiger partial charge in [0.2, 0.25) is 5.95 Å². The van der Waals surface area contributed by atoms with Crippen molar-refractivity contribution in [2.24, 2.45) is 0 Å². The van der Waals surface area contributed by atoms with Crippen LogP contribution in [0.15, 0.2) is 28.9 Å². The van der Waals surface area contributed by atoms with Crippen molar-refractivity contribution in [3.63, 3.8) is 0 Å². The molecule has 1 aromatic heterocycles. The van der Waals surface area contributed by atoms with Crippen LogP contribution >= 0.6 is 23.1 Å². The Kier molecular flexibility index (Phi) is 12.2. The minimum atomic E-state index is -2.95. The molecule has 0 atom stereocenters. The molecule has 0 aliphatic carbocycles. The maximum atomic E-state index is 15.3. The lowest BCUT2D eigenvalue weighted by atomic mass is 9.99. The van der Waals surface area contributed by atoms with Gasteiger partial charge < -0.3 is 24.8 Å². The minimum absolute atomic E-state index is 0.151. The Morgan fingerprint density at radius 2 is 1.74 bits per heavy atom. The van der Waals surface area contributed by atoms with E-state index < -0.39 is 22.8 Å². The van der Waals surface area contributed by atoms with Crippen molar-refractivity contribution >= 4 is 67.0 Å². The number of aryl methyl sites for hydroxylation is 2. The summed E-state index contributed by atoms with van der Waals surface area (Å²) in [6.07, 6.45) is 5.84. The summed E-state index contributed by atoms with van der Waals surface area (Å²) in [4.78, 5) is 16.4. The van der Waals surface area contributed by atoms with Crippen LogP contribution in [-0.2, 0) is 20.8 Å². The smallest absolute Gasteiger partial charge is 0.229 e. The van der Waals surface area contributed by atoms with Gasteiger partial charge in [0.15, 0.2) is 0 Å². The molecule has 11 nitrogen and oxygen atoms in total. The second-order valence-corrected chi connectivity index (χ2v) is 20.0. The number of rotatable bonds is 12. The van der Waals surface area contributed by atoms with Gasteiger partial charge in [0.25, 0.3) is 0 Å². The Morgan fingerprint density at radius 3 is 2.34 bits per heavy atom. The zero-order chi connectivity index (χ0) is 36.4. The zero-order valence-electron chi connectivity index (χ0n) is 30.1. The summed E-state index contributed by atoms with van der Waals surface area (Å²) >= 11 is 3.49. The number of aromatic nitrogens is 2. The second-order valence-electron chi connectivity index (χ2n) is 13.8. The molecule has 2 fully saturated rings. The van der Waals surface area contributed by atoms with E-state index in [1.54, 1.807) is 26.6 Å². The largest absolute Gasteiger partial charge is 0.494 e. The maximum Gasteiger partial charge on any atom is 0.229 e. The molecule has 2 saturated heterocycles. The number of sulfone groups is 1. The van der Waals surface area contributed by atoms with Gasteiger partial charge >= 0.3 is 0 Å². The van der Waals surface area contributed by atoms with E-state index >= 15 is 4.39 Å². The van der Waals surface area contributed by atoms with Crippen LogP contribution in [0.25, 0.3) is 0 Å². The molecule has 3 heterocycles. The summed E-state index contributed by atoms with van der Waals surface area (Å²) < 4.78 is 58.2. The Hall–Kier alpha value is -2.77. The number of anilines is 5. The van der Waals surface area contributed by atoms with Gasteiger partial charge in [0.1, 0.15) is 34.4 Å². The molecule has 0 radical (unpaired) electrons. The Morgan fingerprint density at radius 1 is 1.06 bits per heavy atom. The van der Waals surface area contributed by atoms with Gasteiger partial charge in [-0.2, -0.15) is 4.98 Å². The molecule has 3 aromatic rings. The topological polar surface area (TPSA) is 120 Å². The van der Waals surface area contributed by atoms with Crippen molar-refractivity contribution in [2.75, 3.05) is 93.8 Å². The van der Waals surface area contributed by atoms with Crippen LogP contribution in [0.2, 0.25) is 0 Å². The van der Waals surface area contributed by atoms with Crippen LogP contribution < -0.4 is 25.6 Å². The minimum Gasteiger partial charge on any atom is -0.494 e. The van der Waals surface area contributed by atoms with E-state index in [0.717, 1.165) is 81.0 Å². The van der Waals surface area contributed by atoms with Gasteiger partial charge in [-0.25, -0.2) is 17.8 Å². The van der Waals surface area contributed by atoms with Crippen LogP contribution in [0, 0.1) is 19.7 Å². The fourth-order valence-electron chi connectivity index (χ4n) is 6.98. The fourth-order valence-corrected chi connectivity index (χ4v) is 9.55. The first-order valence-corrected chi connectivity index (χ1v) is 22.5. The standard InChI is InChI=1S/C35H50BrFN7O4PS/c1-8-25-20-29(39-35-38-22-27(36)34(41-35)40-32-28(37)19-23(2)24(3)33(32)49(5,6)45)31(48-4)21-30(25)44-11-9-26(10-12-44)43-15-13-42(14-16-43)17-18-50(7,46)47/h19-22,26H,8-18H2,1-7H3,(H2,38,39,40,41). The molecule has 50 heavy (non-hydrogen) atoms. The lowest BCUT2D eigenvalue weighted by molar-refractivity contribution is 0.0882. The van der Waals surface area contributed by atoms with Crippen molar-refractivity contribution in [3.8, 4) is 5.75 Å². The third-order valence-electron chi connectivity index (χ3n) is 9.83. The average Bonchev–Trinajstić information content (AvgIpc) is 3.07. The van der Waals surface area contributed by atoms with Crippen LogP contribution in [0.4, 0.5) is 33.2 Å². The Balaban J connectivity index is 1.29. The van der Waals surface area contributed by atoms with Gasteiger partial charge in [0.05, 0.1) is 28.7 Å². The molecule has 274 valence electrons. The van der Waals surface area contributed by atoms with E-state index in [9.17, 15) is 13.0 Å². The van der Waals surface area contributed by atoms with Crippen molar-refractivity contribution in [1.82, 2.24) is 19.8 Å². The molecule has 2 aliphatic heterocycles. The SMILES string of the molecule is CCc1cc(Nc2ncc(Br)c(Nc3c(F)cc(C)c(C)c3P(C)(C)=O)n2)c(OC)cc1N1CCC(N2CCN(CCS(C)(=O)=O)CC2)CC1. The number of piperidine rings is 1. The molecule has 0 saturated carbocycles. The van der Waals surface area contributed by atoms with Crippen molar-refractivity contribution in [3.05, 3.63) is 51.4 Å². The maximum absolute atomic E-state index is 15.3. The van der Waals surface area contributed by atoms with E-state index in [0.29, 0.717) is 39.9 Å². The van der Waals surface area contributed by atoms with Gasteiger partial charge in [-0.05, 0) is 91.2 Å².